The minimum atomic E-state index is -1.03. The molecule has 6 heteroatoms. The molecule has 1 aromatic heterocycles. The lowest BCUT2D eigenvalue weighted by Crippen LogP contribution is -2.49. The molecule has 1 heterocycles. The standard InChI is InChI=1S/C17H20N2O3S/c1-17(2,3)14(16(21)22)19-13(20)9-12-10-23-15(18-12)11-7-5-4-6-8-11/h4-8,10,14H,9H2,1-3H3,(H,19,20)(H,21,22)/t14-/m1/s1. The van der Waals surface area contributed by atoms with E-state index in [-0.39, 0.29) is 12.3 Å². The van der Waals surface area contributed by atoms with Gasteiger partial charge in [0.15, 0.2) is 0 Å². The molecule has 0 fully saturated rings. The van der Waals surface area contributed by atoms with Gasteiger partial charge in [-0.1, -0.05) is 51.1 Å². The normalized spacial score (nSPS) is 12.7. The summed E-state index contributed by atoms with van der Waals surface area (Å²) in [7, 11) is 0. The zero-order valence-electron chi connectivity index (χ0n) is 13.4. The number of rotatable bonds is 5. The minimum Gasteiger partial charge on any atom is -0.480 e. The van der Waals surface area contributed by atoms with Crippen molar-refractivity contribution in [2.45, 2.75) is 33.2 Å². The van der Waals surface area contributed by atoms with Gasteiger partial charge in [-0.15, -0.1) is 11.3 Å². The molecule has 0 saturated heterocycles. The Morgan fingerprint density at radius 3 is 2.48 bits per heavy atom. The number of carboxylic acid groups (broad SMARTS) is 1. The number of carbonyl (C=O) groups excluding carboxylic acids is 1. The number of carboxylic acids is 1. The molecule has 0 aliphatic heterocycles. The average Bonchev–Trinajstić information content (AvgIpc) is 2.92. The maximum atomic E-state index is 12.1. The van der Waals surface area contributed by atoms with Crippen molar-refractivity contribution in [2.24, 2.45) is 5.41 Å². The molecule has 1 aromatic carbocycles. The average molecular weight is 332 g/mol. The Kier molecular flexibility index (Phi) is 5.15. The Bertz CT molecular complexity index is 689. The first-order valence-corrected chi connectivity index (χ1v) is 8.17. The van der Waals surface area contributed by atoms with Crippen molar-refractivity contribution < 1.29 is 14.7 Å². The van der Waals surface area contributed by atoms with Crippen LogP contribution in [0.5, 0.6) is 0 Å². The Labute approximate surface area is 139 Å². The highest BCUT2D eigenvalue weighted by atomic mass is 32.1. The number of benzene rings is 1. The van der Waals surface area contributed by atoms with Crippen LogP contribution < -0.4 is 5.32 Å². The van der Waals surface area contributed by atoms with Gasteiger partial charge in [-0.3, -0.25) is 4.79 Å². The lowest BCUT2D eigenvalue weighted by molar-refractivity contribution is -0.144. The Morgan fingerprint density at radius 1 is 1.26 bits per heavy atom. The number of carbonyl (C=O) groups is 2. The molecule has 5 nitrogen and oxygen atoms in total. The summed E-state index contributed by atoms with van der Waals surface area (Å²) >= 11 is 1.47. The van der Waals surface area contributed by atoms with E-state index in [9.17, 15) is 14.7 Å². The summed E-state index contributed by atoms with van der Waals surface area (Å²) in [6.07, 6.45) is 0.0726. The molecular formula is C17H20N2O3S. The van der Waals surface area contributed by atoms with Gasteiger partial charge in [-0.05, 0) is 5.41 Å². The maximum absolute atomic E-state index is 12.1. The second-order valence-electron chi connectivity index (χ2n) is 6.39. The van der Waals surface area contributed by atoms with Crippen LogP contribution in [0, 0.1) is 5.41 Å². The summed E-state index contributed by atoms with van der Waals surface area (Å²) in [5, 5.41) is 14.5. The summed E-state index contributed by atoms with van der Waals surface area (Å²) < 4.78 is 0. The third-order valence-corrected chi connectivity index (χ3v) is 4.27. The number of aliphatic carboxylic acids is 1. The van der Waals surface area contributed by atoms with E-state index >= 15 is 0 Å². The molecule has 2 aromatic rings. The molecule has 0 bridgehead atoms. The number of nitrogens with zero attached hydrogens (tertiary/aromatic N) is 1. The minimum absolute atomic E-state index is 0.0726. The van der Waals surface area contributed by atoms with Crippen molar-refractivity contribution in [3.05, 3.63) is 41.4 Å². The smallest absolute Gasteiger partial charge is 0.326 e. The molecule has 0 spiro atoms. The highest BCUT2D eigenvalue weighted by Gasteiger charge is 2.32. The van der Waals surface area contributed by atoms with Gasteiger partial charge in [-0.25, -0.2) is 9.78 Å². The second-order valence-corrected chi connectivity index (χ2v) is 7.25. The van der Waals surface area contributed by atoms with E-state index in [1.807, 2.05) is 35.7 Å². The topological polar surface area (TPSA) is 79.3 Å². The van der Waals surface area contributed by atoms with Crippen LogP contribution in [0.1, 0.15) is 26.5 Å². The van der Waals surface area contributed by atoms with E-state index in [2.05, 4.69) is 10.3 Å². The summed E-state index contributed by atoms with van der Waals surface area (Å²) in [5.74, 6) is -1.37. The van der Waals surface area contributed by atoms with E-state index in [4.69, 9.17) is 0 Å². The third kappa shape index (κ3) is 4.63. The van der Waals surface area contributed by atoms with Gasteiger partial charge in [0.05, 0.1) is 12.1 Å². The van der Waals surface area contributed by atoms with Crippen LogP contribution in [0.3, 0.4) is 0 Å². The number of nitrogens with one attached hydrogen (secondary N) is 1. The monoisotopic (exact) mass is 332 g/mol. The molecule has 0 radical (unpaired) electrons. The first-order chi connectivity index (χ1) is 10.8. The summed E-state index contributed by atoms with van der Waals surface area (Å²) in [6, 6.07) is 8.80. The highest BCUT2D eigenvalue weighted by Crippen LogP contribution is 2.24. The zero-order chi connectivity index (χ0) is 17.0. The first kappa shape index (κ1) is 17.1. The van der Waals surface area contributed by atoms with Crippen LogP contribution in [0.15, 0.2) is 35.7 Å². The second kappa shape index (κ2) is 6.91. The van der Waals surface area contributed by atoms with Gasteiger partial charge in [-0.2, -0.15) is 0 Å². The largest absolute Gasteiger partial charge is 0.480 e. The predicted molar refractivity (Wildman–Crippen MR) is 90.3 cm³/mol. The van der Waals surface area contributed by atoms with Gasteiger partial charge in [0.25, 0.3) is 0 Å². The highest BCUT2D eigenvalue weighted by molar-refractivity contribution is 7.13. The molecule has 1 amide bonds. The number of aromatic nitrogens is 1. The van der Waals surface area contributed by atoms with Crippen LogP contribution in [-0.4, -0.2) is 28.0 Å². The number of amides is 1. The van der Waals surface area contributed by atoms with Crippen molar-refractivity contribution >= 4 is 23.2 Å². The van der Waals surface area contributed by atoms with E-state index < -0.39 is 17.4 Å². The van der Waals surface area contributed by atoms with Crippen molar-refractivity contribution in [2.75, 3.05) is 0 Å². The molecule has 0 saturated carbocycles. The van der Waals surface area contributed by atoms with Gasteiger partial charge < -0.3 is 10.4 Å². The predicted octanol–water partition coefficient (Wildman–Crippen LogP) is 2.97. The summed E-state index contributed by atoms with van der Waals surface area (Å²) in [4.78, 5) is 27.8. The van der Waals surface area contributed by atoms with Crippen molar-refractivity contribution in [3.63, 3.8) is 0 Å². The van der Waals surface area contributed by atoms with Crippen LogP contribution >= 0.6 is 11.3 Å². The van der Waals surface area contributed by atoms with Gasteiger partial charge in [0.2, 0.25) is 5.91 Å². The molecule has 0 aliphatic rings. The number of hydrogen-bond donors (Lipinski definition) is 2. The fraction of sp³-hybridized carbons (Fsp3) is 0.353. The van der Waals surface area contributed by atoms with Crippen molar-refractivity contribution in [3.8, 4) is 10.6 Å². The van der Waals surface area contributed by atoms with Crippen LogP contribution in [0.25, 0.3) is 10.6 Å². The Morgan fingerprint density at radius 2 is 1.91 bits per heavy atom. The lowest BCUT2D eigenvalue weighted by Gasteiger charge is -2.27. The van der Waals surface area contributed by atoms with Crippen LogP contribution in [0.4, 0.5) is 0 Å². The molecular weight excluding hydrogens is 312 g/mol. The Hall–Kier alpha value is -2.21. The molecule has 0 aliphatic carbocycles. The maximum Gasteiger partial charge on any atom is 0.326 e. The first-order valence-electron chi connectivity index (χ1n) is 7.29. The fourth-order valence-electron chi connectivity index (χ4n) is 2.13. The number of hydrogen-bond acceptors (Lipinski definition) is 4. The van der Waals surface area contributed by atoms with Crippen molar-refractivity contribution in [1.29, 1.82) is 0 Å². The van der Waals surface area contributed by atoms with Crippen molar-refractivity contribution in [1.82, 2.24) is 10.3 Å². The van der Waals surface area contributed by atoms with Gasteiger partial charge in [0, 0.05) is 10.9 Å². The molecule has 2 N–H and O–H groups in total. The molecule has 23 heavy (non-hydrogen) atoms. The lowest BCUT2D eigenvalue weighted by atomic mass is 9.86. The number of thiazole rings is 1. The SMILES string of the molecule is CC(C)(C)[C@H](NC(=O)Cc1csc(-c2ccccc2)n1)C(=O)O. The quantitative estimate of drug-likeness (QED) is 0.882. The summed E-state index contributed by atoms with van der Waals surface area (Å²) in [5.41, 5.74) is 1.09. The Balaban J connectivity index is 2.04. The molecule has 122 valence electrons. The third-order valence-electron chi connectivity index (χ3n) is 3.33. The van der Waals surface area contributed by atoms with E-state index in [0.29, 0.717) is 5.69 Å². The van der Waals surface area contributed by atoms with Gasteiger partial charge >= 0.3 is 5.97 Å². The molecule has 0 unspecified atom stereocenters. The zero-order valence-corrected chi connectivity index (χ0v) is 14.2. The summed E-state index contributed by atoms with van der Waals surface area (Å²) in [6.45, 7) is 5.34. The van der Waals surface area contributed by atoms with Gasteiger partial charge in [0.1, 0.15) is 11.0 Å². The van der Waals surface area contributed by atoms with E-state index in [1.54, 1.807) is 20.8 Å². The molecule has 2 rings (SSSR count). The fourth-order valence-corrected chi connectivity index (χ4v) is 2.95. The van der Waals surface area contributed by atoms with E-state index in [0.717, 1.165) is 10.6 Å². The van der Waals surface area contributed by atoms with E-state index in [1.165, 1.54) is 11.3 Å². The van der Waals surface area contributed by atoms with Crippen LogP contribution in [0.2, 0.25) is 0 Å². The molecule has 1 atom stereocenters. The van der Waals surface area contributed by atoms with Crippen LogP contribution in [-0.2, 0) is 16.0 Å².